The SMILES string of the molecule is CC(C)CCN1CCN(C(=O)c2cccc(N)c2Br)CC1. The van der Waals surface area contributed by atoms with Gasteiger partial charge in [0, 0.05) is 31.9 Å². The smallest absolute Gasteiger partial charge is 0.255 e. The van der Waals surface area contributed by atoms with Gasteiger partial charge in [-0.2, -0.15) is 0 Å². The summed E-state index contributed by atoms with van der Waals surface area (Å²) in [5.41, 5.74) is 7.12. The molecule has 0 radical (unpaired) electrons. The average Bonchev–Trinajstić information content (AvgIpc) is 2.48. The van der Waals surface area contributed by atoms with E-state index in [0.29, 0.717) is 15.7 Å². The highest BCUT2D eigenvalue weighted by molar-refractivity contribution is 9.10. The number of hydrogen-bond donors (Lipinski definition) is 1. The summed E-state index contributed by atoms with van der Waals surface area (Å²) in [5.74, 6) is 0.797. The topological polar surface area (TPSA) is 49.6 Å². The lowest BCUT2D eigenvalue weighted by molar-refractivity contribution is 0.0631. The Labute approximate surface area is 135 Å². The van der Waals surface area contributed by atoms with Crippen molar-refractivity contribution in [1.82, 2.24) is 9.80 Å². The molecule has 2 N–H and O–H groups in total. The Hall–Kier alpha value is -1.07. The van der Waals surface area contributed by atoms with Crippen LogP contribution in [0.1, 0.15) is 30.6 Å². The molecule has 0 bridgehead atoms. The van der Waals surface area contributed by atoms with Gasteiger partial charge in [-0.3, -0.25) is 9.69 Å². The van der Waals surface area contributed by atoms with Crippen molar-refractivity contribution in [3.05, 3.63) is 28.2 Å². The molecular formula is C16H24BrN3O. The second-order valence-corrected chi connectivity index (χ2v) is 6.82. The van der Waals surface area contributed by atoms with Gasteiger partial charge in [-0.15, -0.1) is 0 Å². The van der Waals surface area contributed by atoms with E-state index in [2.05, 4.69) is 34.7 Å². The summed E-state index contributed by atoms with van der Waals surface area (Å²) < 4.78 is 0.706. The number of rotatable bonds is 4. The summed E-state index contributed by atoms with van der Waals surface area (Å²) in [5, 5.41) is 0. The molecule has 1 heterocycles. The zero-order valence-electron chi connectivity index (χ0n) is 12.8. The van der Waals surface area contributed by atoms with E-state index >= 15 is 0 Å². The van der Waals surface area contributed by atoms with Gasteiger partial charge < -0.3 is 10.6 Å². The first-order valence-corrected chi connectivity index (χ1v) is 8.34. The Morgan fingerprint density at radius 3 is 2.57 bits per heavy atom. The van der Waals surface area contributed by atoms with Gasteiger partial charge in [0.25, 0.3) is 5.91 Å². The van der Waals surface area contributed by atoms with Crippen LogP contribution in [0.3, 0.4) is 0 Å². The fourth-order valence-corrected chi connectivity index (χ4v) is 2.93. The molecule has 21 heavy (non-hydrogen) atoms. The third kappa shape index (κ3) is 4.20. The number of carbonyl (C=O) groups is 1. The average molecular weight is 354 g/mol. The Morgan fingerprint density at radius 2 is 1.95 bits per heavy atom. The van der Waals surface area contributed by atoms with Crippen LogP contribution in [0.25, 0.3) is 0 Å². The summed E-state index contributed by atoms with van der Waals surface area (Å²) in [7, 11) is 0. The van der Waals surface area contributed by atoms with E-state index < -0.39 is 0 Å². The van der Waals surface area contributed by atoms with Crippen LogP contribution in [0.2, 0.25) is 0 Å². The van der Waals surface area contributed by atoms with Crippen LogP contribution in [-0.4, -0.2) is 48.4 Å². The fraction of sp³-hybridized carbons (Fsp3) is 0.562. The maximum atomic E-state index is 12.6. The van der Waals surface area contributed by atoms with Crippen molar-refractivity contribution in [3.8, 4) is 0 Å². The number of halogens is 1. The normalized spacial score (nSPS) is 16.5. The van der Waals surface area contributed by atoms with E-state index in [9.17, 15) is 4.79 Å². The minimum absolute atomic E-state index is 0.0673. The molecule has 0 aliphatic carbocycles. The number of nitrogen functional groups attached to an aromatic ring is 1. The van der Waals surface area contributed by atoms with Crippen molar-refractivity contribution in [2.75, 3.05) is 38.5 Å². The zero-order valence-corrected chi connectivity index (χ0v) is 14.4. The van der Waals surface area contributed by atoms with Gasteiger partial charge in [0.2, 0.25) is 0 Å². The first-order valence-electron chi connectivity index (χ1n) is 7.54. The summed E-state index contributed by atoms with van der Waals surface area (Å²) in [6.45, 7) is 9.11. The van der Waals surface area contributed by atoms with E-state index in [-0.39, 0.29) is 5.91 Å². The van der Waals surface area contributed by atoms with Gasteiger partial charge in [0.1, 0.15) is 0 Å². The van der Waals surface area contributed by atoms with Gasteiger partial charge in [-0.1, -0.05) is 19.9 Å². The standard InChI is InChI=1S/C16H24BrN3O/c1-12(2)6-7-19-8-10-20(11-9-19)16(21)13-4-3-5-14(18)15(13)17/h3-5,12H,6-11,18H2,1-2H3. The molecule has 2 rings (SSSR count). The molecule has 1 aromatic rings. The molecule has 1 amide bonds. The third-order valence-electron chi connectivity index (χ3n) is 3.94. The van der Waals surface area contributed by atoms with E-state index in [1.807, 2.05) is 17.0 Å². The Kier molecular flexibility index (Phi) is 5.65. The molecule has 1 aliphatic heterocycles. The largest absolute Gasteiger partial charge is 0.398 e. The molecule has 4 nitrogen and oxygen atoms in total. The van der Waals surface area contributed by atoms with Gasteiger partial charge in [-0.05, 0) is 46.9 Å². The molecule has 116 valence electrons. The van der Waals surface area contributed by atoms with Crippen molar-refractivity contribution in [1.29, 1.82) is 0 Å². The van der Waals surface area contributed by atoms with Crippen LogP contribution in [0.5, 0.6) is 0 Å². The lowest BCUT2D eigenvalue weighted by Crippen LogP contribution is -2.49. The quantitative estimate of drug-likeness (QED) is 0.846. The zero-order chi connectivity index (χ0) is 15.4. The molecule has 1 saturated heterocycles. The van der Waals surface area contributed by atoms with Gasteiger partial charge in [0.05, 0.1) is 10.0 Å². The predicted octanol–water partition coefficient (Wildman–Crippen LogP) is 2.84. The van der Waals surface area contributed by atoms with Crippen LogP contribution in [-0.2, 0) is 0 Å². The van der Waals surface area contributed by atoms with Crippen molar-refractivity contribution in [2.24, 2.45) is 5.92 Å². The highest BCUT2D eigenvalue weighted by Crippen LogP contribution is 2.25. The number of benzene rings is 1. The maximum absolute atomic E-state index is 12.6. The number of amides is 1. The van der Waals surface area contributed by atoms with Gasteiger partial charge in [0.15, 0.2) is 0 Å². The number of hydrogen-bond acceptors (Lipinski definition) is 3. The lowest BCUT2D eigenvalue weighted by atomic mass is 10.1. The minimum atomic E-state index is 0.0673. The van der Waals surface area contributed by atoms with Crippen molar-refractivity contribution in [2.45, 2.75) is 20.3 Å². The first-order chi connectivity index (χ1) is 9.99. The Morgan fingerprint density at radius 1 is 1.29 bits per heavy atom. The number of nitrogens with two attached hydrogens (primary N) is 1. The molecule has 0 unspecified atom stereocenters. The van der Waals surface area contributed by atoms with Crippen LogP contribution in [0.15, 0.2) is 22.7 Å². The second kappa shape index (κ2) is 7.27. The molecule has 1 aliphatic rings. The minimum Gasteiger partial charge on any atom is -0.398 e. The third-order valence-corrected chi connectivity index (χ3v) is 4.83. The van der Waals surface area contributed by atoms with E-state index in [4.69, 9.17) is 5.73 Å². The number of nitrogens with zero attached hydrogens (tertiary/aromatic N) is 2. The summed E-state index contributed by atoms with van der Waals surface area (Å²) >= 11 is 3.42. The maximum Gasteiger partial charge on any atom is 0.255 e. The predicted molar refractivity (Wildman–Crippen MR) is 90.4 cm³/mol. The fourth-order valence-electron chi connectivity index (χ4n) is 2.50. The summed E-state index contributed by atoms with van der Waals surface area (Å²) in [4.78, 5) is 16.9. The van der Waals surface area contributed by atoms with Crippen LogP contribution in [0.4, 0.5) is 5.69 Å². The highest BCUT2D eigenvalue weighted by Gasteiger charge is 2.23. The van der Waals surface area contributed by atoms with Crippen molar-refractivity contribution < 1.29 is 4.79 Å². The lowest BCUT2D eigenvalue weighted by Gasteiger charge is -2.35. The molecule has 1 fully saturated rings. The molecule has 0 atom stereocenters. The Balaban J connectivity index is 1.93. The number of piperazine rings is 1. The molecule has 1 aromatic carbocycles. The number of carbonyl (C=O) groups excluding carboxylic acids is 1. The molecule has 5 heteroatoms. The van der Waals surface area contributed by atoms with Crippen LogP contribution < -0.4 is 5.73 Å². The van der Waals surface area contributed by atoms with E-state index in [0.717, 1.165) is 38.6 Å². The summed E-state index contributed by atoms with van der Waals surface area (Å²) in [6.07, 6.45) is 1.22. The molecular weight excluding hydrogens is 330 g/mol. The second-order valence-electron chi connectivity index (χ2n) is 6.03. The highest BCUT2D eigenvalue weighted by atomic mass is 79.9. The molecule has 0 saturated carbocycles. The van der Waals surface area contributed by atoms with Crippen LogP contribution >= 0.6 is 15.9 Å². The van der Waals surface area contributed by atoms with Gasteiger partial charge in [-0.25, -0.2) is 0 Å². The molecule has 0 aromatic heterocycles. The number of anilines is 1. The Bertz CT molecular complexity index is 496. The van der Waals surface area contributed by atoms with Gasteiger partial charge >= 0.3 is 0 Å². The van der Waals surface area contributed by atoms with E-state index in [1.165, 1.54) is 6.42 Å². The molecule has 0 spiro atoms. The summed E-state index contributed by atoms with van der Waals surface area (Å²) in [6, 6.07) is 5.45. The van der Waals surface area contributed by atoms with Crippen molar-refractivity contribution >= 4 is 27.5 Å². The van der Waals surface area contributed by atoms with E-state index in [1.54, 1.807) is 6.07 Å². The van der Waals surface area contributed by atoms with Crippen molar-refractivity contribution in [3.63, 3.8) is 0 Å². The van der Waals surface area contributed by atoms with Crippen LogP contribution in [0, 0.1) is 5.92 Å². The first kappa shape index (κ1) is 16.3. The monoisotopic (exact) mass is 353 g/mol.